The van der Waals surface area contributed by atoms with Crippen LogP contribution in [0.25, 0.3) is 0 Å². The Kier molecular flexibility index (Phi) is 5.02. The second-order valence-electron chi connectivity index (χ2n) is 6.75. The van der Waals surface area contributed by atoms with Crippen molar-refractivity contribution in [3.63, 3.8) is 0 Å². The molecule has 5 heteroatoms. The van der Waals surface area contributed by atoms with Gasteiger partial charge in [0.05, 0.1) is 11.4 Å². The maximum absolute atomic E-state index is 11.9. The molecule has 0 aliphatic heterocycles. The number of hydrogen-bond acceptors (Lipinski definition) is 4. The van der Waals surface area contributed by atoms with Crippen molar-refractivity contribution in [3.8, 4) is 0 Å². The van der Waals surface area contributed by atoms with E-state index in [1.807, 2.05) is 70.0 Å². The zero-order chi connectivity index (χ0) is 17.9. The molecule has 2 aromatic rings. The predicted molar refractivity (Wildman–Crippen MR) is 100.0 cm³/mol. The van der Waals surface area contributed by atoms with Crippen molar-refractivity contribution >= 4 is 28.8 Å². The van der Waals surface area contributed by atoms with E-state index in [4.69, 9.17) is 10.5 Å². The van der Waals surface area contributed by atoms with E-state index >= 15 is 0 Å². The fourth-order valence-electron chi connectivity index (χ4n) is 2.40. The highest BCUT2D eigenvalue weighted by Crippen LogP contribution is 2.33. The predicted octanol–water partition coefficient (Wildman–Crippen LogP) is 4.69. The number of nitrogen functional groups attached to an aromatic ring is 1. The van der Waals surface area contributed by atoms with Crippen molar-refractivity contribution in [1.82, 2.24) is 0 Å². The number of hydrogen-bond donors (Lipinski definition) is 2. The zero-order valence-corrected chi connectivity index (χ0v) is 14.9. The first-order valence-corrected chi connectivity index (χ1v) is 7.86. The fourth-order valence-corrected chi connectivity index (χ4v) is 2.40. The highest BCUT2D eigenvalue weighted by atomic mass is 16.6. The molecule has 0 saturated carbocycles. The molecule has 0 atom stereocenters. The SMILES string of the molecule is Cc1ccccc1N(C)c1cc(NC(=O)OC(C)(C)C)ccc1N. The lowest BCUT2D eigenvalue weighted by atomic mass is 10.1. The molecule has 2 rings (SSSR count). The van der Waals surface area contributed by atoms with Crippen LogP contribution in [-0.2, 0) is 4.74 Å². The van der Waals surface area contributed by atoms with E-state index in [0.717, 1.165) is 16.9 Å². The molecule has 0 heterocycles. The Labute approximate surface area is 143 Å². The molecule has 128 valence electrons. The third-order valence-electron chi connectivity index (χ3n) is 3.51. The second-order valence-corrected chi connectivity index (χ2v) is 6.75. The van der Waals surface area contributed by atoms with Crippen LogP contribution in [0.4, 0.5) is 27.5 Å². The summed E-state index contributed by atoms with van der Waals surface area (Å²) in [7, 11) is 1.95. The van der Waals surface area contributed by atoms with E-state index in [0.29, 0.717) is 11.4 Å². The molecule has 2 aromatic carbocycles. The average molecular weight is 327 g/mol. The summed E-state index contributed by atoms with van der Waals surface area (Å²) < 4.78 is 5.28. The average Bonchev–Trinajstić information content (AvgIpc) is 2.47. The van der Waals surface area contributed by atoms with Gasteiger partial charge in [-0.25, -0.2) is 4.79 Å². The number of aryl methyl sites for hydroxylation is 1. The maximum atomic E-state index is 11.9. The minimum Gasteiger partial charge on any atom is -0.444 e. The number of amides is 1. The Bertz CT molecular complexity index is 736. The van der Waals surface area contributed by atoms with E-state index < -0.39 is 11.7 Å². The van der Waals surface area contributed by atoms with Gasteiger partial charge in [-0.05, 0) is 57.5 Å². The van der Waals surface area contributed by atoms with E-state index in [1.54, 1.807) is 12.1 Å². The molecule has 0 aliphatic carbocycles. The summed E-state index contributed by atoms with van der Waals surface area (Å²) in [6, 6.07) is 13.4. The number of para-hydroxylation sites is 1. The number of rotatable bonds is 3. The highest BCUT2D eigenvalue weighted by molar-refractivity contribution is 5.88. The molecule has 5 nitrogen and oxygen atoms in total. The normalized spacial score (nSPS) is 11.0. The summed E-state index contributed by atoms with van der Waals surface area (Å²) in [5.74, 6) is 0. The molecular formula is C19H25N3O2. The van der Waals surface area contributed by atoms with Gasteiger partial charge >= 0.3 is 6.09 Å². The van der Waals surface area contributed by atoms with Crippen molar-refractivity contribution in [2.45, 2.75) is 33.3 Å². The molecule has 0 aliphatic rings. The molecule has 1 amide bonds. The molecule has 0 aromatic heterocycles. The zero-order valence-electron chi connectivity index (χ0n) is 14.9. The fraction of sp³-hybridized carbons (Fsp3) is 0.316. The quantitative estimate of drug-likeness (QED) is 0.802. The lowest BCUT2D eigenvalue weighted by molar-refractivity contribution is 0.0636. The summed E-state index contributed by atoms with van der Waals surface area (Å²) in [4.78, 5) is 13.9. The van der Waals surface area contributed by atoms with E-state index in [9.17, 15) is 4.79 Å². The third kappa shape index (κ3) is 4.41. The summed E-state index contributed by atoms with van der Waals surface area (Å²) in [6.45, 7) is 7.53. The number of benzene rings is 2. The number of carbonyl (C=O) groups is 1. The third-order valence-corrected chi connectivity index (χ3v) is 3.51. The van der Waals surface area contributed by atoms with Gasteiger partial charge in [-0.3, -0.25) is 5.32 Å². The Morgan fingerprint density at radius 2 is 1.79 bits per heavy atom. The van der Waals surface area contributed by atoms with Crippen LogP contribution in [-0.4, -0.2) is 18.7 Å². The molecule has 0 fully saturated rings. The summed E-state index contributed by atoms with van der Waals surface area (Å²) in [5, 5.41) is 2.74. The van der Waals surface area contributed by atoms with Gasteiger partial charge in [-0.15, -0.1) is 0 Å². The number of nitrogens with one attached hydrogen (secondary N) is 1. The van der Waals surface area contributed by atoms with Gasteiger partial charge in [0.2, 0.25) is 0 Å². The van der Waals surface area contributed by atoms with E-state index in [1.165, 1.54) is 0 Å². The van der Waals surface area contributed by atoms with Crippen LogP contribution < -0.4 is 16.0 Å². The van der Waals surface area contributed by atoms with Crippen molar-refractivity contribution in [3.05, 3.63) is 48.0 Å². The first-order chi connectivity index (χ1) is 11.2. The molecule has 0 saturated heterocycles. The summed E-state index contributed by atoms with van der Waals surface area (Å²) >= 11 is 0. The van der Waals surface area contributed by atoms with Crippen LogP contribution in [0, 0.1) is 6.92 Å². The molecule has 3 N–H and O–H groups in total. The number of anilines is 4. The summed E-state index contributed by atoms with van der Waals surface area (Å²) in [5.41, 5.74) is 9.86. The van der Waals surface area contributed by atoms with E-state index in [2.05, 4.69) is 5.32 Å². The maximum Gasteiger partial charge on any atom is 0.412 e. The van der Waals surface area contributed by atoms with Crippen LogP contribution in [0.3, 0.4) is 0 Å². The van der Waals surface area contributed by atoms with Crippen LogP contribution in [0.2, 0.25) is 0 Å². The second kappa shape index (κ2) is 6.83. The van der Waals surface area contributed by atoms with Crippen LogP contribution >= 0.6 is 0 Å². The molecular weight excluding hydrogens is 302 g/mol. The first kappa shape index (κ1) is 17.7. The smallest absolute Gasteiger partial charge is 0.412 e. The van der Waals surface area contributed by atoms with Gasteiger partial charge in [0.25, 0.3) is 0 Å². The lowest BCUT2D eigenvalue weighted by Gasteiger charge is -2.24. The number of nitrogens with two attached hydrogens (primary N) is 1. The number of nitrogens with zero attached hydrogens (tertiary/aromatic N) is 1. The molecule has 24 heavy (non-hydrogen) atoms. The monoisotopic (exact) mass is 327 g/mol. The standard InChI is InChI=1S/C19H25N3O2/c1-13-8-6-7-9-16(13)22(5)17-12-14(10-11-15(17)20)21-18(23)24-19(2,3)4/h6-12H,20H2,1-5H3,(H,21,23). The van der Waals surface area contributed by atoms with Gasteiger partial charge in [-0.1, -0.05) is 18.2 Å². The first-order valence-electron chi connectivity index (χ1n) is 7.86. The minimum absolute atomic E-state index is 0.489. The van der Waals surface area contributed by atoms with Gasteiger partial charge < -0.3 is 15.4 Å². The van der Waals surface area contributed by atoms with Crippen molar-refractivity contribution < 1.29 is 9.53 Å². The van der Waals surface area contributed by atoms with Crippen molar-refractivity contribution in [2.24, 2.45) is 0 Å². The molecule has 0 unspecified atom stereocenters. The Hall–Kier alpha value is -2.69. The highest BCUT2D eigenvalue weighted by Gasteiger charge is 2.17. The topological polar surface area (TPSA) is 67.6 Å². The van der Waals surface area contributed by atoms with Crippen molar-refractivity contribution in [2.75, 3.05) is 23.0 Å². The molecule has 0 spiro atoms. The van der Waals surface area contributed by atoms with Crippen LogP contribution in [0.5, 0.6) is 0 Å². The Morgan fingerprint density at radius 1 is 1.12 bits per heavy atom. The van der Waals surface area contributed by atoms with Gasteiger partial charge in [0.1, 0.15) is 5.60 Å². The van der Waals surface area contributed by atoms with Crippen molar-refractivity contribution in [1.29, 1.82) is 0 Å². The largest absolute Gasteiger partial charge is 0.444 e. The number of ether oxygens (including phenoxy) is 1. The van der Waals surface area contributed by atoms with Gasteiger partial charge in [-0.2, -0.15) is 0 Å². The lowest BCUT2D eigenvalue weighted by Crippen LogP contribution is -2.27. The molecule has 0 bridgehead atoms. The Balaban J connectivity index is 2.26. The number of carbonyl (C=O) groups excluding carboxylic acids is 1. The summed E-state index contributed by atoms with van der Waals surface area (Å²) in [6.07, 6.45) is -0.489. The minimum atomic E-state index is -0.543. The molecule has 0 radical (unpaired) electrons. The van der Waals surface area contributed by atoms with Crippen LogP contribution in [0.15, 0.2) is 42.5 Å². The Morgan fingerprint density at radius 3 is 2.42 bits per heavy atom. The van der Waals surface area contributed by atoms with Crippen LogP contribution in [0.1, 0.15) is 26.3 Å². The van der Waals surface area contributed by atoms with Gasteiger partial charge in [0.15, 0.2) is 0 Å². The van der Waals surface area contributed by atoms with Gasteiger partial charge in [0, 0.05) is 18.4 Å². The van der Waals surface area contributed by atoms with E-state index in [-0.39, 0.29) is 0 Å².